The van der Waals surface area contributed by atoms with Crippen molar-refractivity contribution in [2.24, 2.45) is 5.92 Å². The molecule has 0 aliphatic carbocycles. The first-order valence-corrected chi connectivity index (χ1v) is 15.9. The molecule has 2 saturated heterocycles. The number of sulfonamides is 1. The number of hydrogen-bond acceptors (Lipinski definition) is 9. The van der Waals surface area contributed by atoms with E-state index in [-0.39, 0.29) is 0 Å². The van der Waals surface area contributed by atoms with Crippen LogP contribution in [0.3, 0.4) is 0 Å². The normalized spacial score (nSPS) is 19.1. The average molecular weight is 589 g/mol. The molecule has 10 nitrogen and oxygen atoms in total. The Hall–Kier alpha value is -2.86. The highest BCUT2D eigenvalue weighted by Gasteiger charge is 2.30. The van der Waals surface area contributed by atoms with Gasteiger partial charge in [-0.25, -0.2) is 18.1 Å². The maximum Gasteiger partial charge on any atom is 0.227 e. The Kier molecular flexibility index (Phi) is 8.84. The predicted molar refractivity (Wildman–Crippen MR) is 160 cm³/mol. The SMILES string of the molecule is COc1cc2nc(N3CCC(N4CCCC(CNS(C)(=O)=O)C4)CC3)nc(Nc3ccc(Cl)cc3)c2cc1OC. The van der Waals surface area contributed by atoms with Crippen molar-refractivity contribution in [3.8, 4) is 11.5 Å². The minimum atomic E-state index is -3.17. The molecule has 12 heteroatoms. The smallest absolute Gasteiger partial charge is 0.227 e. The van der Waals surface area contributed by atoms with Crippen LogP contribution in [0, 0.1) is 5.92 Å². The molecule has 0 amide bonds. The van der Waals surface area contributed by atoms with Gasteiger partial charge in [-0.2, -0.15) is 4.98 Å². The lowest BCUT2D eigenvalue weighted by molar-refractivity contribution is 0.108. The number of hydrogen-bond donors (Lipinski definition) is 2. The summed E-state index contributed by atoms with van der Waals surface area (Å²) in [5, 5.41) is 4.93. The van der Waals surface area contributed by atoms with Crippen LogP contribution < -0.4 is 24.4 Å². The second kappa shape index (κ2) is 12.3. The molecule has 2 N–H and O–H groups in total. The Labute approximate surface area is 241 Å². The molecule has 5 rings (SSSR count). The molecular weight excluding hydrogens is 552 g/mol. The average Bonchev–Trinajstić information content (AvgIpc) is 2.96. The fourth-order valence-electron chi connectivity index (χ4n) is 5.65. The van der Waals surface area contributed by atoms with E-state index in [1.807, 2.05) is 36.4 Å². The number of nitrogens with zero attached hydrogens (tertiary/aromatic N) is 4. The summed E-state index contributed by atoms with van der Waals surface area (Å²) in [7, 11) is 0.0616. The monoisotopic (exact) mass is 588 g/mol. The fourth-order valence-corrected chi connectivity index (χ4v) is 6.31. The van der Waals surface area contributed by atoms with Gasteiger partial charge < -0.3 is 19.7 Å². The van der Waals surface area contributed by atoms with Crippen LogP contribution in [0.5, 0.6) is 11.5 Å². The molecule has 2 fully saturated rings. The van der Waals surface area contributed by atoms with Gasteiger partial charge in [0.2, 0.25) is 16.0 Å². The zero-order chi connectivity index (χ0) is 28.3. The van der Waals surface area contributed by atoms with Crippen molar-refractivity contribution in [3.05, 3.63) is 41.4 Å². The highest BCUT2D eigenvalue weighted by molar-refractivity contribution is 7.88. The number of nitrogens with one attached hydrogen (secondary N) is 2. The van der Waals surface area contributed by atoms with Gasteiger partial charge in [-0.1, -0.05) is 11.6 Å². The van der Waals surface area contributed by atoms with E-state index in [0.717, 1.165) is 68.5 Å². The Morgan fingerprint density at radius 3 is 2.38 bits per heavy atom. The highest BCUT2D eigenvalue weighted by Crippen LogP contribution is 2.36. The first-order chi connectivity index (χ1) is 19.2. The molecule has 40 heavy (non-hydrogen) atoms. The summed E-state index contributed by atoms with van der Waals surface area (Å²) in [6, 6.07) is 11.8. The summed E-state index contributed by atoms with van der Waals surface area (Å²) < 4.78 is 36.9. The number of anilines is 3. The fraction of sp³-hybridized carbons (Fsp3) is 0.500. The Bertz CT molecular complexity index is 1430. The van der Waals surface area contributed by atoms with Gasteiger partial charge in [0.1, 0.15) is 5.82 Å². The van der Waals surface area contributed by atoms with E-state index in [1.54, 1.807) is 14.2 Å². The summed E-state index contributed by atoms with van der Waals surface area (Å²) in [5.41, 5.74) is 1.63. The molecule has 0 spiro atoms. The predicted octanol–water partition coefficient (Wildman–Crippen LogP) is 4.27. The quantitative estimate of drug-likeness (QED) is 0.379. The lowest BCUT2D eigenvalue weighted by atomic mass is 9.94. The molecule has 3 heterocycles. The van der Waals surface area contributed by atoms with Gasteiger partial charge in [-0.15, -0.1) is 0 Å². The van der Waals surface area contributed by atoms with Crippen molar-refractivity contribution in [3.63, 3.8) is 0 Å². The maximum atomic E-state index is 11.6. The van der Waals surface area contributed by atoms with Gasteiger partial charge in [-0.05, 0) is 68.5 Å². The number of likely N-dealkylation sites (tertiary alicyclic amines) is 1. The van der Waals surface area contributed by atoms with E-state index in [2.05, 4.69) is 19.8 Å². The van der Waals surface area contributed by atoms with Crippen LogP contribution in [0.15, 0.2) is 36.4 Å². The topological polar surface area (TPSA) is 109 Å². The zero-order valence-corrected chi connectivity index (χ0v) is 24.8. The molecule has 2 aliphatic heterocycles. The number of rotatable bonds is 9. The third-order valence-electron chi connectivity index (χ3n) is 7.74. The third-order valence-corrected chi connectivity index (χ3v) is 8.69. The van der Waals surface area contributed by atoms with Crippen molar-refractivity contribution in [1.82, 2.24) is 19.6 Å². The largest absolute Gasteiger partial charge is 0.493 e. The van der Waals surface area contributed by atoms with Crippen molar-refractivity contribution in [1.29, 1.82) is 0 Å². The van der Waals surface area contributed by atoms with Gasteiger partial charge in [0.05, 0.1) is 26.0 Å². The molecule has 3 aromatic rings. The second-order valence-corrected chi connectivity index (χ2v) is 12.8. The first kappa shape index (κ1) is 28.7. The summed E-state index contributed by atoms with van der Waals surface area (Å²) in [6.07, 6.45) is 5.37. The lowest BCUT2D eigenvalue weighted by Crippen LogP contribution is -2.50. The standard InChI is InChI=1S/C28H37ClN6O4S/c1-38-25-15-23-24(16-26(25)39-2)32-28(33-27(23)31-21-8-6-20(29)7-9-21)34-13-10-22(11-14-34)35-12-4-5-19(18-35)17-30-40(3,36)37/h6-9,15-16,19,22,30H,4-5,10-14,17-18H2,1-3H3,(H,31,32,33). The van der Waals surface area contributed by atoms with Crippen LogP contribution in [0.1, 0.15) is 25.7 Å². The van der Waals surface area contributed by atoms with Crippen LogP contribution in [-0.4, -0.2) is 82.5 Å². The summed E-state index contributed by atoms with van der Waals surface area (Å²) >= 11 is 6.10. The van der Waals surface area contributed by atoms with Crippen LogP contribution in [-0.2, 0) is 10.0 Å². The van der Waals surface area contributed by atoms with Crippen LogP contribution in [0.2, 0.25) is 5.02 Å². The summed E-state index contributed by atoms with van der Waals surface area (Å²) in [4.78, 5) is 14.7. The van der Waals surface area contributed by atoms with E-state index in [4.69, 9.17) is 31.0 Å². The summed E-state index contributed by atoms with van der Waals surface area (Å²) in [6.45, 7) is 4.18. The van der Waals surface area contributed by atoms with E-state index >= 15 is 0 Å². The molecule has 216 valence electrons. The van der Waals surface area contributed by atoms with E-state index < -0.39 is 10.0 Å². The molecule has 0 bridgehead atoms. The van der Waals surface area contributed by atoms with Crippen molar-refractivity contribution in [2.45, 2.75) is 31.7 Å². The van der Waals surface area contributed by atoms with E-state index in [9.17, 15) is 8.42 Å². The summed E-state index contributed by atoms with van der Waals surface area (Å²) in [5.74, 6) is 2.92. The molecule has 0 radical (unpaired) electrons. The number of halogens is 1. The van der Waals surface area contributed by atoms with Gasteiger partial charge in [-0.3, -0.25) is 4.90 Å². The number of ether oxygens (including phenoxy) is 2. The minimum absolute atomic E-state index is 0.346. The lowest BCUT2D eigenvalue weighted by Gasteiger charge is -2.42. The van der Waals surface area contributed by atoms with Crippen LogP contribution >= 0.6 is 11.6 Å². The number of fused-ring (bicyclic) bond motifs is 1. The molecule has 1 unspecified atom stereocenters. The highest BCUT2D eigenvalue weighted by atomic mass is 35.5. The Morgan fingerprint density at radius 2 is 1.70 bits per heavy atom. The number of benzene rings is 2. The van der Waals surface area contributed by atoms with Gasteiger partial charge in [0.15, 0.2) is 11.5 Å². The Balaban J connectivity index is 1.34. The zero-order valence-electron chi connectivity index (χ0n) is 23.2. The molecule has 0 saturated carbocycles. The first-order valence-electron chi connectivity index (χ1n) is 13.6. The van der Waals surface area contributed by atoms with Gasteiger partial charge in [0, 0.05) is 54.4 Å². The van der Waals surface area contributed by atoms with Gasteiger partial charge >= 0.3 is 0 Å². The second-order valence-electron chi connectivity index (χ2n) is 10.6. The van der Waals surface area contributed by atoms with Gasteiger partial charge in [0.25, 0.3) is 0 Å². The molecule has 1 atom stereocenters. The maximum absolute atomic E-state index is 11.6. The van der Waals surface area contributed by atoms with Crippen LogP contribution in [0.25, 0.3) is 10.9 Å². The third kappa shape index (κ3) is 6.88. The molecule has 2 aliphatic rings. The van der Waals surface area contributed by atoms with Crippen LogP contribution in [0.4, 0.5) is 17.5 Å². The van der Waals surface area contributed by atoms with Crippen molar-refractivity contribution in [2.75, 3.05) is 63.4 Å². The van der Waals surface area contributed by atoms with E-state index in [1.165, 1.54) is 6.26 Å². The number of piperidine rings is 2. The Morgan fingerprint density at radius 1 is 1.00 bits per heavy atom. The molecular formula is C28H37ClN6O4S. The van der Waals surface area contributed by atoms with Crippen molar-refractivity contribution >= 4 is 50.0 Å². The van der Waals surface area contributed by atoms with E-state index in [0.29, 0.717) is 46.8 Å². The number of methoxy groups -OCH3 is 2. The minimum Gasteiger partial charge on any atom is -0.493 e. The molecule has 1 aromatic heterocycles. The number of aromatic nitrogens is 2. The van der Waals surface area contributed by atoms with Crippen molar-refractivity contribution < 1.29 is 17.9 Å². The molecule has 2 aromatic carbocycles.